The molecule has 2 heterocycles. The fraction of sp³-hybridized carbons (Fsp3) is 0.353. The van der Waals surface area contributed by atoms with Crippen LogP contribution in [0.25, 0.3) is 0 Å². The van der Waals surface area contributed by atoms with Gasteiger partial charge in [-0.25, -0.2) is 9.97 Å². The summed E-state index contributed by atoms with van der Waals surface area (Å²) in [7, 11) is 1.65. The third kappa shape index (κ3) is 4.36. The van der Waals surface area contributed by atoms with E-state index < -0.39 is 0 Å². The lowest BCUT2D eigenvalue weighted by Crippen LogP contribution is -2.16. The van der Waals surface area contributed by atoms with Crippen molar-refractivity contribution in [3.8, 4) is 11.5 Å². The smallest absolute Gasteiger partial charge is 0.274 e. The quantitative estimate of drug-likeness (QED) is 0.744. The monoisotopic (exact) mass is 344 g/mol. The minimum absolute atomic E-state index is 0.190. The maximum atomic E-state index is 12.5. The number of rotatable bonds is 7. The number of aryl methyl sites for hydroxylation is 1. The molecule has 132 valence electrons. The van der Waals surface area contributed by atoms with E-state index in [9.17, 15) is 4.79 Å². The topological polar surface area (TPSA) is 94.6 Å². The second kappa shape index (κ2) is 7.80. The predicted molar refractivity (Wildman–Crippen MR) is 92.3 cm³/mol. The Morgan fingerprint density at radius 3 is 2.92 bits per heavy atom. The Kier molecular flexibility index (Phi) is 5.30. The molecular formula is C17H20N4O4. The third-order valence-electron chi connectivity index (χ3n) is 3.53. The number of methoxy groups -OCH3 is 1. The van der Waals surface area contributed by atoms with E-state index >= 15 is 0 Å². The molecule has 2 aromatic rings. The summed E-state index contributed by atoms with van der Waals surface area (Å²) < 4.78 is 15.6. The third-order valence-corrected chi connectivity index (χ3v) is 3.53. The molecule has 1 amide bonds. The molecule has 0 saturated heterocycles. The van der Waals surface area contributed by atoms with Crippen molar-refractivity contribution < 1.29 is 19.0 Å². The Labute approximate surface area is 145 Å². The maximum Gasteiger partial charge on any atom is 0.274 e. The van der Waals surface area contributed by atoms with Gasteiger partial charge in [0.2, 0.25) is 12.7 Å². The molecule has 1 aromatic carbocycles. The van der Waals surface area contributed by atoms with Crippen molar-refractivity contribution in [1.29, 1.82) is 0 Å². The molecule has 0 radical (unpaired) electrons. The van der Waals surface area contributed by atoms with Gasteiger partial charge in [-0.3, -0.25) is 4.79 Å². The van der Waals surface area contributed by atoms with E-state index in [0.29, 0.717) is 47.7 Å². The van der Waals surface area contributed by atoms with Crippen molar-refractivity contribution in [3.63, 3.8) is 0 Å². The predicted octanol–water partition coefficient (Wildman–Crippen LogP) is 2.21. The molecule has 0 unspecified atom stereocenters. The molecule has 3 rings (SSSR count). The van der Waals surface area contributed by atoms with Crippen LogP contribution in [0, 0.1) is 6.92 Å². The van der Waals surface area contributed by atoms with Gasteiger partial charge < -0.3 is 24.8 Å². The van der Waals surface area contributed by atoms with Crippen LogP contribution in [0.5, 0.6) is 11.5 Å². The lowest BCUT2D eigenvalue weighted by Gasteiger charge is -2.09. The zero-order valence-electron chi connectivity index (χ0n) is 14.2. The van der Waals surface area contributed by atoms with Crippen molar-refractivity contribution in [2.24, 2.45) is 0 Å². The first-order valence-electron chi connectivity index (χ1n) is 7.95. The Morgan fingerprint density at radius 2 is 2.08 bits per heavy atom. The summed E-state index contributed by atoms with van der Waals surface area (Å²) in [6.07, 6.45) is 0.826. The van der Waals surface area contributed by atoms with Crippen LogP contribution < -0.4 is 20.1 Å². The fourth-order valence-corrected chi connectivity index (χ4v) is 2.35. The summed E-state index contributed by atoms with van der Waals surface area (Å²) in [6, 6.07) is 6.87. The van der Waals surface area contributed by atoms with Gasteiger partial charge in [-0.2, -0.15) is 0 Å². The van der Waals surface area contributed by atoms with E-state index in [4.69, 9.17) is 14.2 Å². The summed E-state index contributed by atoms with van der Waals surface area (Å²) in [6.45, 7) is 3.33. The Morgan fingerprint density at radius 1 is 1.24 bits per heavy atom. The van der Waals surface area contributed by atoms with E-state index in [1.54, 1.807) is 31.4 Å². The summed E-state index contributed by atoms with van der Waals surface area (Å²) in [5.41, 5.74) is 1.61. The van der Waals surface area contributed by atoms with Crippen molar-refractivity contribution in [2.75, 3.05) is 37.7 Å². The number of aromatic nitrogens is 2. The first-order valence-corrected chi connectivity index (χ1v) is 7.95. The second-order valence-corrected chi connectivity index (χ2v) is 5.51. The minimum atomic E-state index is -0.315. The SMILES string of the molecule is COCCCNc1nc(C)cc(C(=O)Nc2ccc3c(c2)OCO3)n1. The molecule has 0 atom stereocenters. The van der Waals surface area contributed by atoms with Crippen molar-refractivity contribution in [3.05, 3.63) is 35.7 Å². The molecule has 0 fully saturated rings. The molecule has 25 heavy (non-hydrogen) atoms. The summed E-state index contributed by atoms with van der Waals surface area (Å²) >= 11 is 0. The highest BCUT2D eigenvalue weighted by molar-refractivity contribution is 6.03. The molecule has 1 aliphatic heterocycles. The molecule has 1 aromatic heterocycles. The molecule has 2 N–H and O–H groups in total. The van der Waals surface area contributed by atoms with Gasteiger partial charge in [0.15, 0.2) is 11.5 Å². The average molecular weight is 344 g/mol. The minimum Gasteiger partial charge on any atom is -0.454 e. The molecule has 8 heteroatoms. The molecular weight excluding hydrogens is 324 g/mol. The van der Waals surface area contributed by atoms with Gasteiger partial charge in [0.05, 0.1) is 0 Å². The Bertz CT molecular complexity index is 766. The van der Waals surface area contributed by atoms with Crippen molar-refractivity contribution in [1.82, 2.24) is 9.97 Å². The highest BCUT2D eigenvalue weighted by atomic mass is 16.7. The first-order chi connectivity index (χ1) is 12.2. The number of fused-ring (bicyclic) bond motifs is 1. The molecule has 1 aliphatic rings. The number of anilines is 2. The highest BCUT2D eigenvalue weighted by Gasteiger charge is 2.16. The van der Waals surface area contributed by atoms with Crippen LogP contribution in [0.15, 0.2) is 24.3 Å². The number of carbonyl (C=O) groups excluding carboxylic acids is 1. The van der Waals surface area contributed by atoms with E-state index in [0.717, 1.165) is 6.42 Å². The highest BCUT2D eigenvalue weighted by Crippen LogP contribution is 2.34. The largest absolute Gasteiger partial charge is 0.454 e. The zero-order chi connectivity index (χ0) is 17.6. The Balaban J connectivity index is 1.68. The molecule has 8 nitrogen and oxygen atoms in total. The normalized spacial score (nSPS) is 12.1. The lowest BCUT2D eigenvalue weighted by atomic mass is 10.2. The number of hydrogen-bond donors (Lipinski definition) is 2. The number of carbonyl (C=O) groups is 1. The van der Waals surface area contributed by atoms with Crippen LogP contribution in [-0.2, 0) is 4.74 Å². The molecule has 0 bridgehead atoms. The number of ether oxygens (including phenoxy) is 3. The lowest BCUT2D eigenvalue weighted by molar-refractivity contribution is 0.102. The number of benzene rings is 1. The van der Waals surface area contributed by atoms with Crippen LogP contribution in [0.1, 0.15) is 22.6 Å². The standard InChI is InChI=1S/C17H20N4O4/c1-11-8-13(21-17(19-11)18-6-3-7-23-2)16(22)20-12-4-5-14-15(9-12)25-10-24-14/h4-5,8-9H,3,6-7,10H2,1-2H3,(H,20,22)(H,18,19,21). The Hall–Kier alpha value is -2.87. The van der Waals surface area contributed by atoms with Crippen LogP contribution in [-0.4, -0.2) is 42.9 Å². The number of nitrogens with one attached hydrogen (secondary N) is 2. The first kappa shape index (κ1) is 17.0. The fourth-order valence-electron chi connectivity index (χ4n) is 2.35. The van der Waals surface area contributed by atoms with Gasteiger partial charge in [-0.1, -0.05) is 0 Å². The van der Waals surface area contributed by atoms with Gasteiger partial charge in [0, 0.05) is 37.7 Å². The summed E-state index contributed by atoms with van der Waals surface area (Å²) in [4.78, 5) is 21.0. The van der Waals surface area contributed by atoms with Gasteiger partial charge in [-0.15, -0.1) is 0 Å². The van der Waals surface area contributed by atoms with Crippen molar-refractivity contribution in [2.45, 2.75) is 13.3 Å². The summed E-state index contributed by atoms with van der Waals surface area (Å²) in [5.74, 6) is 1.38. The van der Waals surface area contributed by atoms with Crippen LogP contribution in [0.4, 0.5) is 11.6 Å². The number of amides is 1. The van der Waals surface area contributed by atoms with Gasteiger partial charge in [0.25, 0.3) is 5.91 Å². The van der Waals surface area contributed by atoms with Crippen LogP contribution in [0.2, 0.25) is 0 Å². The van der Waals surface area contributed by atoms with Crippen molar-refractivity contribution >= 4 is 17.5 Å². The van der Waals surface area contributed by atoms with E-state index in [2.05, 4.69) is 20.6 Å². The molecule has 0 spiro atoms. The van der Waals surface area contributed by atoms with Gasteiger partial charge >= 0.3 is 0 Å². The van der Waals surface area contributed by atoms with E-state index in [1.807, 2.05) is 6.92 Å². The van der Waals surface area contributed by atoms with Gasteiger partial charge in [-0.05, 0) is 31.5 Å². The zero-order valence-corrected chi connectivity index (χ0v) is 14.2. The van der Waals surface area contributed by atoms with E-state index in [-0.39, 0.29) is 12.7 Å². The number of hydrogen-bond acceptors (Lipinski definition) is 7. The molecule has 0 saturated carbocycles. The average Bonchev–Trinajstić information content (AvgIpc) is 3.06. The van der Waals surface area contributed by atoms with E-state index in [1.165, 1.54) is 0 Å². The molecule has 0 aliphatic carbocycles. The second-order valence-electron chi connectivity index (χ2n) is 5.51. The maximum absolute atomic E-state index is 12.5. The number of nitrogens with zero attached hydrogens (tertiary/aromatic N) is 2. The summed E-state index contributed by atoms with van der Waals surface area (Å²) in [5, 5.41) is 5.90. The van der Waals surface area contributed by atoms with Gasteiger partial charge in [0.1, 0.15) is 5.69 Å². The van der Waals surface area contributed by atoms with Crippen LogP contribution >= 0.6 is 0 Å². The van der Waals surface area contributed by atoms with Crippen LogP contribution in [0.3, 0.4) is 0 Å².